The number of aryl methyl sites for hydroxylation is 2. The van der Waals surface area contributed by atoms with Gasteiger partial charge in [0.25, 0.3) is 0 Å². The van der Waals surface area contributed by atoms with Crippen LogP contribution in [-0.2, 0) is 17.8 Å². The summed E-state index contributed by atoms with van der Waals surface area (Å²) in [4.78, 5) is 2.46. The zero-order valence-corrected chi connectivity index (χ0v) is 13.2. The molecule has 0 aromatic carbocycles. The average Bonchev–Trinajstić information content (AvgIpc) is 2.75. The van der Waals surface area contributed by atoms with E-state index < -0.39 is 0 Å². The standard InChI is InChI=1S/C14H25ClN4O/c1-3-19-13(14(15)12(2)17-19)11-16-5-4-6-18-7-9-20-10-8-18/h16H,3-11H2,1-2H3. The van der Waals surface area contributed by atoms with Gasteiger partial charge in [0.1, 0.15) is 0 Å². The summed E-state index contributed by atoms with van der Waals surface area (Å²) in [6, 6.07) is 0. The van der Waals surface area contributed by atoms with Gasteiger partial charge in [-0.05, 0) is 33.4 Å². The van der Waals surface area contributed by atoms with E-state index >= 15 is 0 Å². The third-order valence-corrected chi connectivity index (χ3v) is 4.17. The van der Waals surface area contributed by atoms with Crippen LogP contribution < -0.4 is 5.32 Å². The molecule has 1 aliphatic heterocycles. The van der Waals surface area contributed by atoms with Gasteiger partial charge in [0.2, 0.25) is 0 Å². The molecule has 0 bridgehead atoms. The number of rotatable bonds is 7. The molecule has 114 valence electrons. The van der Waals surface area contributed by atoms with Crippen LogP contribution in [0.3, 0.4) is 0 Å². The average molecular weight is 301 g/mol. The maximum absolute atomic E-state index is 6.28. The highest BCUT2D eigenvalue weighted by molar-refractivity contribution is 6.31. The van der Waals surface area contributed by atoms with E-state index in [9.17, 15) is 0 Å². The Hall–Kier alpha value is -0.620. The van der Waals surface area contributed by atoms with Crippen LogP contribution in [0.4, 0.5) is 0 Å². The lowest BCUT2D eigenvalue weighted by Gasteiger charge is -2.26. The number of nitrogens with one attached hydrogen (secondary N) is 1. The van der Waals surface area contributed by atoms with Crippen molar-refractivity contribution in [1.29, 1.82) is 0 Å². The van der Waals surface area contributed by atoms with Crippen LogP contribution in [0, 0.1) is 6.92 Å². The highest BCUT2D eigenvalue weighted by Gasteiger charge is 2.12. The SMILES string of the molecule is CCn1nc(C)c(Cl)c1CNCCCN1CCOCC1. The van der Waals surface area contributed by atoms with E-state index in [1.807, 2.05) is 11.6 Å². The van der Waals surface area contributed by atoms with Crippen molar-refractivity contribution in [2.45, 2.75) is 33.4 Å². The first kappa shape index (κ1) is 15.8. The number of ether oxygens (including phenoxy) is 1. The second-order valence-electron chi connectivity index (χ2n) is 5.15. The zero-order valence-electron chi connectivity index (χ0n) is 12.5. The molecule has 1 aliphatic rings. The third-order valence-electron chi connectivity index (χ3n) is 3.68. The summed E-state index contributed by atoms with van der Waals surface area (Å²) in [7, 11) is 0. The number of halogens is 1. The van der Waals surface area contributed by atoms with E-state index in [0.717, 1.165) is 75.3 Å². The van der Waals surface area contributed by atoms with E-state index in [-0.39, 0.29) is 0 Å². The number of aromatic nitrogens is 2. The van der Waals surface area contributed by atoms with E-state index in [1.165, 1.54) is 0 Å². The Bertz CT molecular complexity index is 416. The van der Waals surface area contributed by atoms with Crippen LogP contribution in [0.5, 0.6) is 0 Å². The molecule has 1 N–H and O–H groups in total. The third kappa shape index (κ3) is 4.19. The Morgan fingerprint density at radius 1 is 1.35 bits per heavy atom. The van der Waals surface area contributed by atoms with Crippen molar-refractivity contribution in [3.05, 3.63) is 16.4 Å². The van der Waals surface area contributed by atoms with Gasteiger partial charge in [0.05, 0.1) is 29.6 Å². The molecule has 0 atom stereocenters. The molecule has 1 saturated heterocycles. The van der Waals surface area contributed by atoms with Crippen LogP contribution in [0.25, 0.3) is 0 Å². The lowest BCUT2D eigenvalue weighted by Crippen LogP contribution is -2.37. The fourth-order valence-corrected chi connectivity index (χ4v) is 2.70. The van der Waals surface area contributed by atoms with Gasteiger partial charge in [-0.2, -0.15) is 5.10 Å². The molecule has 0 aliphatic carbocycles. The Labute approximate surface area is 126 Å². The molecular weight excluding hydrogens is 276 g/mol. The van der Waals surface area contributed by atoms with E-state index in [2.05, 4.69) is 22.2 Å². The number of hydrogen-bond acceptors (Lipinski definition) is 4. The van der Waals surface area contributed by atoms with Gasteiger partial charge >= 0.3 is 0 Å². The lowest BCUT2D eigenvalue weighted by molar-refractivity contribution is 0.0374. The molecule has 0 amide bonds. The summed E-state index contributed by atoms with van der Waals surface area (Å²) in [5.74, 6) is 0. The van der Waals surface area contributed by atoms with E-state index in [0.29, 0.717) is 0 Å². The van der Waals surface area contributed by atoms with Crippen molar-refractivity contribution in [2.24, 2.45) is 0 Å². The van der Waals surface area contributed by atoms with E-state index in [1.54, 1.807) is 0 Å². The van der Waals surface area contributed by atoms with E-state index in [4.69, 9.17) is 16.3 Å². The number of nitrogens with zero attached hydrogens (tertiary/aromatic N) is 3. The Kier molecular flexibility index (Phi) is 6.29. The molecule has 1 aromatic rings. The fraction of sp³-hybridized carbons (Fsp3) is 0.786. The highest BCUT2D eigenvalue weighted by atomic mass is 35.5. The molecule has 1 aromatic heterocycles. The molecule has 0 saturated carbocycles. The molecule has 0 radical (unpaired) electrons. The quantitative estimate of drug-likeness (QED) is 0.778. The first-order chi connectivity index (χ1) is 9.72. The monoisotopic (exact) mass is 300 g/mol. The minimum atomic E-state index is 0.788. The summed E-state index contributed by atoms with van der Waals surface area (Å²) >= 11 is 6.28. The molecule has 6 heteroatoms. The molecular formula is C14H25ClN4O. The van der Waals surface area contributed by atoms with Crippen molar-refractivity contribution < 1.29 is 4.74 Å². The molecule has 5 nitrogen and oxygen atoms in total. The van der Waals surface area contributed by atoms with Crippen molar-refractivity contribution in [2.75, 3.05) is 39.4 Å². The summed E-state index contributed by atoms with van der Waals surface area (Å²) in [5.41, 5.74) is 2.01. The minimum Gasteiger partial charge on any atom is -0.379 e. The number of hydrogen-bond donors (Lipinski definition) is 1. The molecule has 0 unspecified atom stereocenters. The topological polar surface area (TPSA) is 42.3 Å². The van der Waals surface area contributed by atoms with Crippen molar-refractivity contribution in [3.8, 4) is 0 Å². The molecule has 0 spiro atoms. The molecule has 2 heterocycles. The second-order valence-corrected chi connectivity index (χ2v) is 5.52. The van der Waals surface area contributed by atoms with Gasteiger partial charge in [0, 0.05) is 26.2 Å². The van der Waals surface area contributed by atoms with Gasteiger partial charge in [-0.25, -0.2) is 0 Å². The Morgan fingerprint density at radius 2 is 2.10 bits per heavy atom. The summed E-state index contributed by atoms with van der Waals surface area (Å²) in [5, 5.41) is 8.69. The van der Waals surface area contributed by atoms with Gasteiger partial charge in [-0.15, -0.1) is 0 Å². The first-order valence-electron chi connectivity index (χ1n) is 7.45. The van der Waals surface area contributed by atoms with Crippen LogP contribution in [0.2, 0.25) is 5.02 Å². The van der Waals surface area contributed by atoms with Gasteiger partial charge in [-0.1, -0.05) is 11.6 Å². The van der Waals surface area contributed by atoms with Crippen molar-refractivity contribution in [3.63, 3.8) is 0 Å². The van der Waals surface area contributed by atoms with Crippen LogP contribution in [-0.4, -0.2) is 54.1 Å². The van der Waals surface area contributed by atoms with Gasteiger partial charge < -0.3 is 10.1 Å². The summed E-state index contributed by atoms with van der Waals surface area (Å²) in [6.45, 7) is 11.7. The summed E-state index contributed by atoms with van der Waals surface area (Å²) in [6.07, 6.45) is 1.15. The molecule has 2 rings (SSSR count). The van der Waals surface area contributed by atoms with Crippen LogP contribution >= 0.6 is 11.6 Å². The predicted octanol–water partition coefficient (Wildman–Crippen LogP) is 1.68. The van der Waals surface area contributed by atoms with Crippen LogP contribution in [0.15, 0.2) is 0 Å². The Morgan fingerprint density at radius 3 is 2.80 bits per heavy atom. The first-order valence-corrected chi connectivity index (χ1v) is 7.82. The molecule has 1 fully saturated rings. The summed E-state index contributed by atoms with van der Waals surface area (Å²) < 4.78 is 7.32. The lowest BCUT2D eigenvalue weighted by atomic mass is 10.3. The Balaban J connectivity index is 1.68. The largest absolute Gasteiger partial charge is 0.379 e. The zero-order chi connectivity index (χ0) is 14.4. The van der Waals surface area contributed by atoms with Gasteiger partial charge in [0.15, 0.2) is 0 Å². The minimum absolute atomic E-state index is 0.788. The second kappa shape index (κ2) is 7.98. The van der Waals surface area contributed by atoms with Crippen molar-refractivity contribution >= 4 is 11.6 Å². The number of morpholine rings is 1. The van der Waals surface area contributed by atoms with Crippen LogP contribution in [0.1, 0.15) is 24.7 Å². The smallest absolute Gasteiger partial charge is 0.0860 e. The molecule has 20 heavy (non-hydrogen) atoms. The predicted molar refractivity (Wildman–Crippen MR) is 81.2 cm³/mol. The fourth-order valence-electron chi connectivity index (χ4n) is 2.50. The maximum atomic E-state index is 6.28. The normalized spacial score (nSPS) is 16.8. The maximum Gasteiger partial charge on any atom is 0.0860 e. The highest BCUT2D eigenvalue weighted by Crippen LogP contribution is 2.19. The van der Waals surface area contributed by atoms with Crippen molar-refractivity contribution in [1.82, 2.24) is 20.0 Å². The van der Waals surface area contributed by atoms with Gasteiger partial charge in [-0.3, -0.25) is 9.58 Å².